The Hall–Kier alpha value is -2.64. The first-order valence-corrected chi connectivity index (χ1v) is 12.5. The van der Waals surface area contributed by atoms with Crippen molar-refractivity contribution in [3.8, 4) is 16.9 Å². The van der Waals surface area contributed by atoms with Crippen LogP contribution in [-0.4, -0.2) is 58.2 Å². The van der Waals surface area contributed by atoms with Crippen molar-refractivity contribution in [1.82, 2.24) is 19.6 Å². The van der Waals surface area contributed by atoms with Gasteiger partial charge in [0.15, 0.2) is 5.69 Å². The summed E-state index contributed by atoms with van der Waals surface area (Å²) in [6.07, 6.45) is 3.03. The minimum absolute atomic E-state index is 0.0673. The number of amides is 1. The summed E-state index contributed by atoms with van der Waals surface area (Å²) in [6, 6.07) is 9.89. The molecular weight excluding hydrogens is 418 g/mol. The summed E-state index contributed by atoms with van der Waals surface area (Å²) in [5, 5.41) is 7.04. The molecule has 0 radical (unpaired) electrons. The predicted octanol–water partition coefficient (Wildman–Crippen LogP) is 4.09. The second-order valence-electron chi connectivity index (χ2n) is 9.25. The number of fused-ring (bicyclic) bond motifs is 3. The van der Waals surface area contributed by atoms with Gasteiger partial charge in [-0.25, -0.2) is 4.68 Å². The minimum Gasteiger partial charge on any atom is -0.399 e. The van der Waals surface area contributed by atoms with Crippen molar-refractivity contribution in [2.24, 2.45) is 5.92 Å². The van der Waals surface area contributed by atoms with Crippen molar-refractivity contribution < 1.29 is 4.79 Å². The second kappa shape index (κ2) is 8.71. The van der Waals surface area contributed by atoms with Crippen molar-refractivity contribution in [2.75, 3.05) is 38.5 Å². The monoisotopic (exact) mass is 449 g/mol. The summed E-state index contributed by atoms with van der Waals surface area (Å²) in [7, 11) is 0. The van der Waals surface area contributed by atoms with Gasteiger partial charge >= 0.3 is 0 Å². The summed E-state index contributed by atoms with van der Waals surface area (Å²) < 4.78 is 1.95. The molecule has 3 heterocycles. The van der Waals surface area contributed by atoms with Crippen LogP contribution in [0.3, 0.4) is 0 Å². The molecule has 7 heteroatoms. The topological polar surface area (TPSA) is 67.4 Å². The van der Waals surface area contributed by atoms with E-state index in [0.29, 0.717) is 11.6 Å². The summed E-state index contributed by atoms with van der Waals surface area (Å²) in [4.78, 5) is 19.4. The Kier molecular flexibility index (Phi) is 5.78. The van der Waals surface area contributed by atoms with Gasteiger partial charge in [0.1, 0.15) is 0 Å². The molecule has 0 bridgehead atoms. The van der Waals surface area contributed by atoms with Gasteiger partial charge in [-0.15, -0.1) is 11.3 Å². The summed E-state index contributed by atoms with van der Waals surface area (Å²) in [5.41, 5.74) is 11.5. The molecule has 32 heavy (non-hydrogen) atoms. The van der Waals surface area contributed by atoms with Crippen LogP contribution < -0.4 is 5.73 Å². The van der Waals surface area contributed by atoms with E-state index in [-0.39, 0.29) is 5.91 Å². The van der Waals surface area contributed by atoms with Gasteiger partial charge < -0.3 is 10.6 Å². The number of hydrogen-bond acceptors (Lipinski definition) is 5. The lowest BCUT2D eigenvalue weighted by molar-refractivity contribution is 0.0624. The van der Waals surface area contributed by atoms with Gasteiger partial charge in [0.05, 0.1) is 11.4 Å². The average molecular weight is 450 g/mol. The third-order valence-electron chi connectivity index (χ3n) is 6.61. The van der Waals surface area contributed by atoms with E-state index in [9.17, 15) is 4.79 Å². The lowest BCUT2D eigenvalue weighted by Crippen LogP contribution is -2.49. The molecule has 3 aromatic rings. The maximum absolute atomic E-state index is 13.6. The Bertz CT molecular complexity index is 1110. The highest BCUT2D eigenvalue weighted by Gasteiger charge is 2.32. The number of benzene rings is 1. The highest BCUT2D eigenvalue weighted by atomic mass is 32.1. The van der Waals surface area contributed by atoms with Gasteiger partial charge in [-0.3, -0.25) is 9.69 Å². The first kappa shape index (κ1) is 21.2. The molecule has 1 saturated heterocycles. The van der Waals surface area contributed by atoms with Gasteiger partial charge in [-0.2, -0.15) is 5.10 Å². The van der Waals surface area contributed by atoms with Crippen LogP contribution >= 0.6 is 11.3 Å². The molecule has 0 atom stereocenters. The number of aryl methyl sites for hydroxylation is 1. The molecule has 0 unspecified atom stereocenters. The highest BCUT2D eigenvalue weighted by Crippen LogP contribution is 2.39. The van der Waals surface area contributed by atoms with Gasteiger partial charge in [0, 0.05) is 47.9 Å². The van der Waals surface area contributed by atoms with Crippen LogP contribution in [0.5, 0.6) is 0 Å². The second-order valence-corrected chi connectivity index (χ2v) is 10.3. The lowest BCUT2D eigenvalue weighted by atomic mass is 9.94. The average Bonchev–Trinajstić information content (AvgIpc) is 3.42. The van der Waals surface area contributed by atoms with Gasteiger partial charge in [0.25, 0.3) is 5.91 Å². The zero-order valence-electron chi connectivity index (χ0n) is 18.9. The first-order chi connectivity index (χ1) is 15.5. The Morgan fingerprint density at radius 2 is 1.84 bits per heavy atom. The number of piperazine rings is 1. The highest BCUT2D eigenvalue weighted by molar-refractivity contribution is 7.10. The number of nitrogen functional groups attached to an aromatic ring is 1. The van der Waals surface area contributed by atoms with Crippen molar-refractivity contribution in [3.05, 3.63) is 51.8 Å². The van der Waals surface area contributed by atoms with Crippen molar-refractivity contribution in [2.45, 2.75) is 33.1 Å². The fourth-order valence-corrected chi connectivity index (χ4v) is 5.57. The Morgan fingerprint density at radius 3 is 2.56 bits per heavy atom. The van der Waals surface area contributed by atoms with Crippen molar-refractivity contribution >= 4 is 22.9 Å². The molecule has 6 nitrogen and oxygen atoms in total. The zero-order valence-corrected chi connectivity index (χ0v) is 19.7. The number of nitrogens with two attached hydrogens (primary N) is 1. The zero-order chi connectivity index (χ0) is 22.2. The third-order valence-corrected chi connectivity index (χ3v) is 7.59. The summed E-state index contributed by atoms with van der Waals surface area (Å²) >= 11 is 1.79. The smallest absolute Gasteiger partial charge is 0.274 e. The number of nitrogens with zero attached hydrogens (tertiary/aromatic N) is 4. The number of anilines is 1. The van der Waals surface area contributed by atoms with Crippen molar-refractivity contribution in [1.29, 1.82) is 0 Å². The number of aromatic nitrogens is 2. The SMILES string of the molecule is CC(C)CCN1CCN(C(=O)c2nn(-c3ccc(N)cc3)c3c2CCc2sccc2-3)CC1. The standard InChI is InChI=1S/C25H31N5OS/c1-17(2)9-11-28-12-14-29(15-13-28)25(31)23-21-7-8-22-20(10-16-32-22)24(21)30(27-23)19-5-3-18(26)4-6-19/h3-6,10,16-17H,7-9,11-15,26H2,1-2H3. The molecule has 1 aromatic carbocycles. The molecule has 1 aliphatic heterocycles. The van der Waals surface area contributed by atoms with Crippen LogP contribution in [-0.2, 0) is 12.8 Å². The summed E-state index contributed by atoms with van der Waals surface area (Å²) in [6.45, 7) is 9.05. The fraction of sp³-hybridized carbons (Fsp3) is 0.440. The number of carbonyl (C=O) groups is 1. The van der Waals surface area contributed by atoms with Crippen LogP contribution in [0.25, 0.3) is 16.9 Å². The Balaban J connectivity index is 1.45. The number of carbonyl (C=O) groups excluding carboxylic acids is 1. The fourth-order valence-electron chi connectivity index (χ4n) is 4.69. The third kappa shape index (κ3) is 3.95. The first-order valence-electron chi connectivity index (χ1n) is 11.6. The van der Waals surface area contributed by atoms with Gasteiger partial charge in [0.2, 0.25) is 0 Å². The molecule has 2 aromatic heterocycles. The molecule has 0 spiro atoms. The molecule has 5 rings (SSSR count). The molecular formula is C25H31N5OS. The number of hydrogen-bond donors (Lipinski definition) is 1. The largest absolute Gasteiger partial charge is 0.399 e. The number of thiophene rings is 1. The maximum atomic E-state index is 13.6. The minimum atomic E-state index is 0.0673. The van der Waals surface area contributed by atoms with E-state index >= 15 is 0 Å². The predicted molar refractivity (Wildman–Crippen MR) is 130 cm³/mol. The van der Waals surface area contributed by atoms with Crippen LogP contribution in [0.4, 0.5) is 5.69 Å². The normalized spacial score (nSPS) is 16.3. The van der Waals surface area contributed by atoms with E-state index in [0.717, 1.165) is 68.2 Å². The molecule has 1 amide bonds. The van der Waals surface area contributed by atoms with E-state index in [1.54, 1.807) is 11.3 Å². The van der Waals surface area contributed by atoms with Crippen molar-refractivity contribution in [3.63, 3.8) is 0 Å². The Labute approximate surface area is 193 Å². The summed E-state index contributed by atoms with van der Waals surface area (Å²) in [5.74, 6) is 0.776. The lowest BCUT2D eigenvalue weighted by Gasteiger charge is -2.34. The quantitative estimate of drug-likeness (QED) is 0.596. The van der Waals surface area contributed by atoms with E-state index in [1.807, 2.05) is 33.8 Å². The van der Waals surface area contributed by atoms with Crippen LogP contribution in [0.15, 0.2) is 35.7 Å². The van der Waals surface area contributed by atoms with Crippen LogP contribution in [0, 0.1) is 5.92 Å². The van der Waals surface area contributed by atoms with E-state index in [2.05, 4.69) is 30.2 Å². The Morgan fingerprint density at radius 1 is 1.09 bits per heavy atom. The molecule has 2 aliphatic rings. The maximum Gasteiger partial charge on any atom is 0.274 e. The molecule has 0 saturated carbocycles. The van der Waals surface area contributed by atoms with E-state index in [1.165, 1.54) is 16.9 Å². The van der Waals surface area contributed by atoms with E-state index in [4.69, 9.17) is 10.8 Å². The molecule has 1 aliphatic carbocycles. The van der Waals surface area contributed by atoms with Crippen LogP contribution in [0.1, 0.15) is 41.2 Å². The van der Waals surface area contributed by atoms with Crippen LogP contribution in [0.2, 0.25) is 0 Å². The molecule has 1 fully saturated rings. The number of rotatable bonds is 5. The molecule has 168 valence electrons. The van der Waals surface area contributed by atoms with E-state index < -0.39 is 0 Å². The molecule has 2 N–H and O–H groups in total. The van der Waals surface area contributed by atoms with Gasteiger partial charge in [-0.1, -0.05) is 13.8 Å². The van der Waals surface area contributed by atoms with Gasteiger partial charge in [-0.05, 0) is 67.4 Å².